The van der Waals surface area contributed by atoms with E-state index in [0.717, 1.165) is 0 Å². The van der Waals surface area contributed by atoms with Crippen LogP contribution in [0.4, 0.5) is 11.6 Å². The van der Waals surface area contributed by atoms with Crippen LogP contribution in [0.3, 0.4) is 0 Å². The summed E-state index contributed by atoms with van der Waals surface area (Å²) in [6.45, 7) is 5.20. The lowest BCUT2D eigenvalue weighted by atomic mass is 9.96. The van der Waals surface area contributed by atoms with Gasteiger partial charge in [0.25, 0.3) is 0 Å². The second kappa shape index (κ2) is 25.1. The van der Waals surface area contributed by atoms with Crippen molar-refractivity contribution in [2.24, 2.45) is 0 Å². The second-order valence-corrected chi connectivity index (χ2v) is 21.1. The third-order valence-corrected chi connectivity index (χ3v) is 15.3. The van der Waals surface area contributed by atoms with E-state index in [4.69, 9.17) is 48.5 Å². The minimum atomic E-state index is -4.38. The Morgan fingerprint density at radius 3 is 1.38 bits per heavy atom. The molecule has 0 amide bonds. The zero-order valence-corrected chi connectivity index (χ0v) is 44.2. The van der Waals surface area contributed by atoms with Crippen LogP contribution in [0.15, 0.2) is 97.6 Å². The predicted octanol–water partition coefficient (Wildman–Crippen LogP) is 3.00. The third kappa shape index (κ3) is 12.9. The zero-order chi connectivity index (χ0) is 56.4. The van der Waals surface area contributed by atoms with Crippen LogP contribution in [-0.2, 0) is 46.7 Å². The fourth-order valence-electron chi connectivity index (χ4n) is 7.97. The van der Waals surface area contributed by atoms with Gasteiger partial charge in [-0.15, -0.1) is 0 Å². The molecule has 30 heteroatoms. The van der Waals surface area contributed by atoms with Crippen LogP contribution in [0.5, 0.6) is 11.5 Å². The Hall–Kier alpha value is -7.14. The largest absolute Gasteiger partial charge is 0.465 e. The summed E-state index contributed by atoms with van der Waals surface area (Å²) in [6.07, 6.45) is -5.61. The molecule has 2 aromatic carbocycles. The Bertz CT molecular complexity index is 3010. The maximum absolute atomic E-state index is 13.8. The Balaban J connectivity index is 0.000000226. The lowest BCUT2D eigenvalue weighted by Crippen LogP contribution is -2.46. The summed E-state index contributed by atoms with van der Waals surface area (Å²) in [7, 11) is -8.76. The first-order valence-corrected chi connectivity index (χ1v) is 27.3. The van der Waals surface area contributed by atoms with Crippen molar-refractivity contribution in [2.75, 3.05) is 37.9 Å². The Labute approximate surface area is 445 Å². The van der Waals surface area contributed by atoms with E-state index in [-0.39, 0.29) is 47.7 Å². The number of anilines is 2. The van der Waals surface area contributed by atoms with E-state index >= 15 is 0 Å². The van der Waals surface area contributed by atoms with Crippen LogP contribution in [0.25, 0.3) is 11.0 Å². The van der Waals surface area contributed by atoms with Gasteiger partial charge in [-0.1, -0.05) is 50.2 Å². The molecule has 28 nitrogen and oxygen atoms in total. The maximum atomic E-state index is 13.8. The number of nitrogens with zero attached hydrogens (tertiary/aromatic N) is 8. The summed E-state index contributed by atoms with van der Waals surface area (Å²) < 4.78 is 74.5. The van der Waals surface area contributed by atoms with Crippen molar-refractivity contribution >= 4 is 50.1 Å². The quantitative estimate of drug-likeness (QED) is 0.0358. The van der Waals surface area contributed by atoms with Gasteiger partial charge < -0.3 is 59.9 Å². The molecule has 8 rings (SSSR count). The van der Waals surface area contributed by atoms with Crippen molar-refractivity contribution in [3.05, 3.63) is 109 Å². The summed E-state index contributed by atoms with van der Waals surface area (Å²) in [5.41, 5.74) is 8.84. The molecule has 0 unspecified atom stereocenters. The van der Waals surface area contributed by atoms with Crippen molar-refractivity contribution in [1.29, 1.82) is 10.5 Å². The minimum absolute atomic E-state index is 0.149. The molecular weight excluding hydrogens is 1060 g/mol. The summed E-state index contributed by atoms with van der Waals surface area (Å²) in [5.74, 6) is -0.735. The summed E-state index contributed by atoms with van der Waals surface area (Å²) in [5, 5.41) is 76.7. The second-order valence-electron chi connectivity index (χ2n) is 17.7. The number of aliphatic hydroxyl groups is 4. The number of nitrogens with one attached hydrogen (secondary N) is 2. The molecule has 0 radical (unpaired) electrons. The highest BCUT2D eigenvalue weighted by Crippen LogP contribution is 2.50. The van der Waals surface area contributed by atoms with Crippen LogP contribution >= 0.6 is 15.5 Å². The first-order chi connectivity index (χ1) is 37.3. The highest BCUT2D eigenvalue weighted by atomic mass is 31.2. The number of nitrogens with two attached hydrogens (primary N) is 2. The van der Waals surface area contributed by atoms with Crippen molar-refractivity contribution in [3.63, 3.8) is 0 Å². The molecule has 0 spiro atoms. The van der Waals surface area contributed by atoms with Gasteiger partial charge in [0.1, 0.15) is 109 Å². The van der Waals surface area contributed by atoms with E-state index < -0.39 is 101 Å². The van der Waals surface area contributed by atoms with E-state index in [2.05, 4.69) is 30.3 Å². The zero-order valence-electron chi connectivity index (χ0n) is 42.4. The highest BCUT2D eigenvalue weighted by molar-refractivity contribution is 7.52. The summed E-state index contributed by atoms with van der Waals surface area (Å²) in [6, 6.07) is 23.8. The molecule has 0 saturated carbocycles. The van der Waals surface area contributed by atoms with Crippen molar-refractivity contribution in [3.8, 4) is 23.6 Å². The van der Waals surface area contributed by atoms with Gasteiger partial charge in [-0.3, -0.25) is 18.6 Å². The number of hydrogen-bond acceptors (Lipinski definition) is 24. The number of ether oxygens (including phenoxy) is 4. The van der Waals surface area contributed by atoms with E-state index in [9.17, 15) is 49.7 Å². The van der Waals surface area contributed by atoms with Crippen LogP contribution in [0.2, 0.25) is 0 Å². The van der Waals surface area contributed by atoms with Gasteiger partial charge >= 0.3 is 27.4 Å². The molecule has 0 bridgehead atoms. The topological polar surface area (TPSA) is 407 Å². The van der Waals surface area contributed by atoms with Gasteiger partial charge in [-0.05, 0) is 75.2 Å². The van der Waals surface area contributed by atoms with E-state index in [1.54, 1.807) is 60.7 Å². The predicted molar refractivity (Wildman–Crippen MR) is 272 cm³/mol. The molecular formula is C48H58N12O16P2. The van der Waals surface area contributed by atoms with Crippen molar-refractivity contribution < 1.29 is 76.2 Å². The van der Waals surface area contributed by atoms with Gasteiger partial charge in [0.05, 0.1) is 24.6 Å². The van der Waals surface area contributed by atoms with E-state index in [1.165, 1.54) is 59.8 Å². The number of carbonyl (C=O) groups is 2. The molecule has 12 atom stereocenters. The van der Waals surface area contributed by atoms with Crippen LogP contribution in [-0.4, -0.2) is 136 Å². The lowest BCUT2D eigenvalue weighted by molar-refractivity contribution is -0.146. The average molecular weight is 1120 g/mol. The monoisotopic (exact) mass is 1120 g/mol. The number of benzene rings is 2. The van der Waals surface area contributed by atoms with Gasteiger partial charge in [0.2, 0.25) is 11.2 Å². The fraction of sp³-hybridized carbons (Fsp3) is 0.417. The number of carbonyl (C=O) groups excluding carboxylic acids is 2. The molecule has 2 aliphatic heterocycles. The Morgan fingerprint density at radius 1 is 0.667 bits per heavy atom. The smallest absolute Gasteiger partial charge is 0.459 e. The number of aliphatic hydroxyl groups excluding tert-OH is 4. The molecule has 2 aliphatic rings. The molecule has 416 valence electrons. The number of fused-ring (bicyclic) bond motifs is 2. The third-order valence-electron chi connectivity index (χ3n) is 12.0. The van der Waals surface area contributed by atoms with Crippen LogP contribution in [0.1, 0.15) is 64.1 Å². The molecule has 10 N–H and O–H groups in total. The number of rotatable bonds is 22. The number of nitriles is 2. The van der Waals surface area contributed by atoms with E-state index in [0.29, 0.717) is 23.9 Å². The number of esters is 2. The molecule has 78 heavy (non-hydrogen) atoms. The molecule has 2 saturated heterocycles. The normalized spacial score (nSPS) is 25.1. The fourth-order valence-corrected chi connectivity index (χ4v) is 11.0. The Morgan fingerprint density at radius 2 is 1.04 bits per heavy atom. The average Bonchev–Trinajstić information content (AvgIpc) is 4.41. The standard InChI is InChI=1S/2C24H29N6O8P/c2*1-3-11-35-23(33)15(2)29-39(34,38-16-7-5-4-6-8-16)36-13-24(12-25)21(32)19(31)20(37-24)17-9-10-18-22(26)27-14-28-30(17)18/h2*4-10,14-15,19-21,31-32H,3,11,13H2,1-2H3,(H,29,34)(H2,26,27,28)/t15-,19-,20-,21-,24+,39+;15-,19-,20-,21-,24+,39-/m00/s1. The van der Waals surface area contributed by atoms with Crippen LogP contribution < -0.4 is 30.7 Å². The molecule has 0 aliphatic carbocycles. The summed E-state index contributed by atoms with van der Waals surface area (Å²) in [4.78, 5) is 32.5. The van der Waals surface area contributed by atoms with Crippen molar-refractivity contribution in [1.82, 2.24) is 39.4 Å². The van der Waals surface area contributed by atoms with Gasteiger partial charge in [0.15, 0.2) is 11.6 Å². The first kappa shape index (κ1) is 58.5. The number of hydrogen-bond donors (Lipinski definition) is 8. The summed E-state index contributed by atoms with van der Waals surface area (Å²) >= 11 is 0. The first-order valence-electron chi connectivity index (χ1n) is 24.2. The minimum Gasteiger partial charge on any atom is -0.465 e. The Kier molecular flexibility index (Phi) is 18.8. The van der Waals surface area contributed by atoms with Gasteiger partial charge in [-0.2, -0.15) is 30.9 Å². The molecule has 2 fully saturated rings. The lowest BCUT2D eigenvalue weighted by Gasteiger charge is -2.28. The SMILES string of the molecule is CCCOC(=O)[C@H](C)N[P@@](=O)(OC[C@@]1(C#N)O[C@@H](c2ccc3c(N)ncnn23)[C@H](O)[C@@H]1O)Oc1ccccc1.CCCOC(=O)[C@H](C)N[P@](=O)(OC[C@@]1(C#N)O[C@@H](c2ccc3c(N)ncnn23)[C@H](O)[C@@H]1O)Oc1ccccc1. The molecule has 4 aromatic heterocycles. The van der Waals surface area contributed by atoms with Crippen molar-refractivity contribution in [2.45, 2.75) is 100 Å². The van der Waals surface area contributed by atoms with E-state index in [1.807, 2.05) is 26.0 Å². The molecule has 6 aromatic rings. The molecule has 6 heterocycles. The number of aromatic nitrogens is 6. The van der Waals surface area contributed by atoms with Gasteiger partial charge in [-0.25, -0.2) is 28.1 Å². The highest BCUT2D eigenvalue weighted by Gasteiger charge is 2.59. The van der Waals surface area contributed by atoms with Crippen LogP contribution in [0, 0.1) is 22.7 Å². The van der Waals surface area contributed by atoms with Gasteiger partial charge in [0, 0.05) is 0 Å². The number of nitrogen functional groups attached to an aromatic ring is 2. The maximum Gasteiger partial charge on any atom is 0.459 e. The number of para-hydroxylation sites is 2.